The van der Waals surface area contributed by atoms with E-state index in [4.69, 9.17) is 10.5 Å². The summed E-state index contributed by atoms with van der Waals surface area (Å²) in [5, 5.41) is 3.04. The zero-order valence-electron chi connectivity index (χ0n) is 19.7. The van der Waals surface area contributed by atoms with Crippen LogP contribution in [0.2, 0.25) is 0 Å². The number of fused-ring (bicyclic) bond motifs is 1. The molecule has 0 saturated carbocycles. The molecule has 0 fully saturated rings. The van der Waals surface area contributed by atoms with Crippen molar-refractivity contribution in [3.8, 4) is 0 Å². The van der Waals surface area contributed by atoms with Crippen molar-refractivity contribution in [2.75, 3.05) is 11.1 Å². The molecule has 35 heavy (non-hydrogen) atoms. The van der Waals surface area contributed by atoms with Gasteiger partial charge in [-0.25, -0.2) is 4.79 Å². The van der Waals surface area contributed by atoms with Crippen molar-refractivity contribution < 1.29 is 19.1 Å². The van der Waals surface area contributed by atoms with E-state index in [1.165, 1.54) is 0 Å². The fraction of sp³-hybridized carbons (Fsp3) is 0.280. The van der Waals surface area contributed by atoms with Gasteiger partial charge in [-0.1, -0.05) is 43.7 Å². The SMILES string of the molecule is Cc1ccc(Nc2nc(N)nc(COC(=O)C(CC(C)C)N3C(=O)c4ccccc4C3=O)n2)cc1. The molecule has 3 N–H and O–H groups in total. The molecule has 0 bridgehead atoms. The summed E-state index contributed by atoms with van der Waals surface area (Å²) in [6.07, 6.45) is 0.254. The molecule has 0 aliphatic carbocycles. The molecule has 1 aromatic heterocycles. The molecule has 10 nitrogen and oxygen atoms in total. The van der Waals surface area contributed by atoms with E-state index < -0.39 is 23.8 Å². The van der Waals surface area contributed by atoms with Gasteiger partial charge >= 0.3 is 5.97 Å². The van der Waals surface area contributed by atoms with Crippen molar-refractivity contribution in [3.05, 3.63) is 71.0 Å². The van der Waals surface area contributed by atoms with E-state index in [2.05, 4.69) is 20.3 Å². The largest absolute Gasteiger partial charge is 0.456 e. The molecular weight excluding hydrogens is 448 g/mol. The average molecular weight is 475 g/mol. The van der Waals surface area contributed by atoms with Crippen molar-refractivity contribution in [2.45, 2.75) is 39.8 Å². The summed E-state index contributed by atoms with van der Waals surface area (Å²) in [6, 6.07) is 13.0. The molecule has 0 radical (unpaired) electrons. The summed E-state index contributed by atoms with van der Waals surface area (Å²) in [7, 11) is 0. The van der Waals surface area contributed by atoms with Crippen LogP contribution in [0.25, 0.3) is 0 Å². The number of nitrogens with two attached hydrogens (primary N) is 1. The number of imide groups is 1. The predicted molar refractivity (Wildman–Crippen MR) is 129 cm³/mol. The fourth-order valence-electron chi connectivity index (χ4n) is 3.80. The number of hydrogen-bond donors (Lipinski definition) is 2. The number of anilines is 3. The lowest BCUT2D eigenvalue weighted by Crippen LogP contribution is -2.46. The van der Waals surface area contributed by atoms with Crippen LogP contribution in [0.15, 0.2) is 48.5 Å². The van der Waals surface area contributed by atoms with E-state index in [0.717, 1.165) is 16.2 Å². The molecule has 1 aliphatic heterocycles. The van der Waals surface area contributed by atoms with Crippen LogP contribution in [0.3, 0.4) is 0 Å². The van der Waals surface area contributed by atoms with Gasteiger partial charge in [0.25, 0.3) is 11.8 Å². The van der Waals surface area contributed by atoms with Crippen LogP contribution in [0.1, 0.15) is 52.4 Å². The van der Waals surface area contributed by atoms with Crippen molar-refractivity contribution in [1.82, 2.24) is 19.9 Å². The number of carbonyl (C=O) groups excluding carboxylic acids is 3. The van der Waals surface area contributed by atoms with Gasteiger partial charge in [0, 0.05) is 5.69 Å². The Labute approximate surface area is 202 Å². The van der Waals surface area contributed by atoms with Crippen LogP contribution in [0, 0.1) is 12.8 Å². The van der Waals surface area contributed by atoms with Crippen LogP contribution < -0.4 is 11.1 Å². The van der Waals surface area contributed by atoms with E-state index in [-0.39, 0.29) is 47.8 Å². The third kappa shape index (κ3) is 5.26. The lowest BCUT2D eigenvalue weighted by Gasteiger charge is -2.25. The second-order valence-corrected chi connectivity index (χ2v) is 8.70. The van der Waals surface area contributed by atoms with Gasteiger partial charge in [0.15, 0.2) is 12.4 Å². The maximum absolute atomic E-state index is 13.1. The Morgan fingerprint density at radius 2 is 1.63 bits per heavy atom. The Morgan fingerprint density at radius 1 is 1.00 bits per heavy atom. The van der Waals surface area contributed by atoms with E-state index in [1.54, 1.807) is 24.3 Å². The number of ether oxygens (including phenoxy) is 1. The first-order valence-corrected chi connectivity index (χ1v) is 11.2. The van der Waals surface area contributed by atoms with Gasteiger partial charge in [-0.2, -0.15) is 15.0 Å². The highest BCUT2D eigenvalue weighted by atomic mass is 16.5. The Bertz CT molecular complexity index is 1240. The fourth-order valence-corrected chi connectivity index (χ4v) is 3.80. The van der Waals surface area contributed by atoms with Gasteiger partial charge in [0.05, 0.1) is 11.1 Å². The number of rotatable bonds is 8. The van der Waals surface area contributed by atoms with Crippen LogP contribution >= 0.6 is 0 Å². The first-order chi connectivity index (χ1) is 16.7. The number of hydrogen-bond acceptors (Lipinski definition) is 9. The summed E-state index contributed by atoms with van der Waals surface area (Å²) in [6.45, 7) is 5.47. The number of aryl methyl sites for hydroxylation is 1. The topological polar surface area (TPSA) is 140 Å². The standard InChI is InChI=1S/C25H26N6O4/c1-14(2)12-19(31-21(32)17-6-4-5-7-18(17)22(31)33)23(34)35-13-20-28-24(26)30-25(29-20)27-16-10-8-15(3)9-11-16/h4-11,14,19H,12-13H2,1-3H3,(H3,26,27,28,29,30). The second kappa shape index (κ2) is 9.88. The normalized spacial score (nSPS) is 13.7. The molecule has 1 unspecified atom stereocenters. The molecule has 1 aliphatic rings. The van der Waals surface area contributed by atoms with Gasteiger partial charge in [-0.3, -0.25) is 14.5 Å². The number of nitrogens with one attached hydrogen (secondary N) is 1. The van der Waals surface area contributed by atoms with Gasteiger partial charge in [-0.15, -0.1) is 0 Å². The summed E-state index contributed by atoms with van der Waals surface area (Å²) < 4.78 is 5.45. The molecule has 0 spiro atoms. The Hall–Kier alpha value is -4.34. The maximum atomic E-state index is 13.1. The lowest BCUT2D eigenvalue weighted by molar-refractivity contribution is -0.150. The maximum Gasteiger partial charge on any atom is 0.329 e. The molecule has 2 heterocycles. The quantitative estimate of drug-likeness (QED) is 0.372. The molecule has 4 rings (SSSR count). The monoisotopic (exact) mass is 474 g/mol. The summed E-state index contributed by atoms with van der Waals surface area (Å²) in [5.74, 6) is -1.43. The highest BCUT2D eigenvalue weighted by Crippen LogP contribution is 2.27. The van der Waals surface area contributed by atoms with Gasteiger partial charge in [-0.05, 0) is 43.5 Å². The van der Waals surface area contributed by atoms with Gasteiger partial charge in [0.1, 0.15) is 6.04 Å². The first-order valence-electron chi connectivity index (χ1n) is 11.2. The van der Waals surface area contributed by atoms with Crippen molar-refractivity contribution in [2.24, 2.45) is 5.92 Å². The lowest BCUT2D eigenvalue weighted by atomic mass is 10.0. The van der Waals surface area contributed by atoms with E-state index in [1.807, 2.05) is 45.0 Å². The molecule has 180 valence electrons. The molecule has 10 heteroatoms. The molecule has 0 saturated heterocycles. The summed E-state index contributed by atoms with van der Waals surface area (Å²) in [4.78, 5) is 52.3. The van der Waals surface area contributed by atoms with Gasteiger partial charge in [0.2, 0.25) is 11.9 Å². The van der Waals surface area contributed by atoms with Crippen molar-refractivity contribution in [1.29, 1.82) is 0 Å². The average Bonchev–Trinajstić information content (AvgIpc) is 3.07. The number of benzene rings is 2. The van der Waals surface area contributed by atoms with Crippen LogP contribution in [0.5, 0.6) is 0 Å². The highest BCUT2D eigenvalue weighted by molar-refractivity contribution is 6.22. The Morgan fingerprint density at radius 3 is 2.23 bits per heavy atom. The molecule has 1 atom stereocenters. The molecule has 3 aromatic rings. The molecule has 2 aromatic carbocycles. The number of nitrogen functional groups attached to an aromatic ring is 1. The van der Waals surface area contributed by atoms with Crippen molar-refractivity contribution in [3.63, 3.8) is 0 Å². The zero-order valence-corrected chi connectivity index (χ0v) is 19.7. The van der Waals surface area contributed by atoms with E-state index >= 15 is 0 Å². The smallest absolute Gasteiger partial charge is 0.329 e. The third-order valence-electron chi connectivity index (χ3n) is 5.45. The molecular formula is C25H26N6O4. The van der Waals surface area contributed by atoms with Crippen molar-refractivity contribution >= 4 is 35.4 Å². The summed E-state index contributed by atoms with van der Waals surface area (Å²) >= 11 is 0. The number of amides is 2. The zero-order chi connectivity index (χ0) is 25.1. The minimum absolute atomic E-state index is 0.0231. The van der Waals surface area contributed by atoms with E-state index in [9.17, 15) is 14.4 Å². The summed E-state index contributed by atoms with van der Waals surface area (Å²) in [5.41, 5.74) is 8.22. The first kappa shape index (κ1) is 23.8. The number of nitrogens with zero attached hydrogens (tertiary/aromatic N) is 4. The number of carbonyl (C=O) groups is 3. The number of esters is 1. The minimum Gasteiger partial charge on any atom is -0.456 e. The highest BCUT2D eigenvalue weighted by Gasteiger charge is 2.43. The van der Waals surface area contributed by atoms with Crippen LogP contribution in [-0.4, -0.2) is 43.7 Å². The van der Waals surface area contributed by atoms with E-state index in [0.29, 0.717) is 0 Å². The minimum atomic E-state index is -1.08. The Kier molecular flexibility index (Phi) is 6.72. The number of aromatic nitrogens is 3. The van der Waals surface area contributed by atoms with Crippen LogP contribution in [-0.2, 0) is 16.1 Å². The van der Waals surface area contributed by atoms with Gasteiger partial charge < -0.3 is 15.8 Å². The third-order valence-corrected chi connectivity index (χ3v) is 5.45. The Balaban J connectivity index is 1.49. The predicted octanol–water partition coefficient (Wildman–Crippen LogP) is 3.26. The van der Waals surface area contributed by atoms with Crippen LogP contribution in [0.4, 0.5) is 17.6 Å². The second-order valence-electron chi connectivity index (χ2n) is 8.70. The molecule has 2 amide bonds.